The zero-order chi connectivity index (χ0) is 7.73. The molecule has 3 fully saturated rings. The largest absolute Gasteiger partial charge is 0.320 e. The molecule has 0 aliphatic carbocycles. The highest BCUT2D eigenvalue weighted by Crippen LogP contribution is 2.33. The van der Waals surface area contributed by atoms with Crippen LogP contribution in [-0.4, -0.2) is 30.7 Å². The molecule has 3 heterocycles. The summed E-state index contributed by atoms with van der Waals surface area (Å²) in [5, 5.41) is 0. The molecule has 11 heavy (non-hydrogen) atoms. The van der Waals surface area contributed by atoms with E-state index in [0.29, 0.717) is 0 Å². The van der Waals surface area contributed by atoms with E-state index in [1.54, 1.807) is 0 Å². The van der Waals surface area contributed by atoms with Crippen LogP contribution in [0.1, 0.15) is 19.3 Å². The molecule has 3 aliphatic rings. The van der Waals surface area contributed by atoms with Gasteiger partial charge in [-0.15, -0.1) is 0 Å². The monoisotopic (exact) mass is 152 g/mol. The minimum atomic E-state index is 1.08. The Labute approximate surface area is 69.3 Å². The molecule has 0 aromatic carbocycles. The molecule has 1 heteroatoms. The lowest BCUT2D eigenvalue weighted by molar-refractivity contribution is -0.937. The van der Waals surface area contributed by atoms with Gasteiger partial charge in [0.05, 0.1) is 26.2 Å². The molecule has 0 saturated carbocycles. The smallest absolute Gasteiger partial charge is 0.0971 e. The highest BCUT2D eigenvalue weighted by molar-refractivity contribution is 4.75. The highest BCUT2D eigenvalue weighted by Gasteiger charge is 2.38. The van der Waals surface area contributed by atoms with Crippen molar-refractivity contribution < 1.29 is 4.48 Å². The third-order valence-corrected chi connectivity index (χ3v) is 3.55. The lowest BCUT2D eigenvalue weighted by Crippen LogP contribution is -2.58. The number of rotatable bonds is 2. The van der Waals surface area contributed by atoms with Crippen LogP contribution in [0.5, 0.6) is 0 Å². The van der Waals surface area contributed by atoms with Crippen molar-refractivity contribution in [3.63, 3.8) is 0 Å². The van der Waals surface area contributed by atoms with Crippen LogP contribution >= 0.6 is 0 Å². The second-order valence-corrected chi connectivity index (χ2v) is 4.22. The SMILES string of the molecule is C=CC[N+]12CCC(CC1)CC2. The molecule has 3 saturated heterocycles. The van der Waals surface area contributed by atoms with Gasteiger partial charge in [0.2, 0.25) is 0 Å². The Morgan fingerprint density at radius 3 is 2.18 bits per heavy atom. The summed E-state index contributed by atoms with van der Waals surface area (Å²) < 4.78 is 1.36. The van der Waals surface area contributed by atoms with E-state index >= 15 is 0 Å². The first-order valence-corrected chi connectivity index (χ1v) is 4.81. The van der Waals surface area contributed by atoms with Crippen molar-refractivity contribution in [1.82, 2.24) is 0 Å². The average molecular weight is 152 g/mol. The Balaban J connectivity index is 2.05. The second kappa shape index (κ2) is 2.63. The van der Waals surface area contributed by atoms with E-state index in [1.807, 2.05) is 0 Å². The van der Waals surface area contributed by atoms with Gasteiger partial charge in [0.25, 0.3) is 0 Å². The van der Waals surface area contributed by atoms with Gasteiger partial charge < -0.3 is 4.48 Å². The standard InChI is InChI=1S/C10H18N/c1-2-6-11-7-3-10(4-8-11)5-9-11/h2,10H,1,3-9H2/q+1. The summed E-state index contributed by atoms with van der Waals surface area (Å²) in [5.41, 5.74) is 0. The number of quaternary nitrogens is 1. The van der Waals surface area contributed by atoms with Gasteiger partial charge in [0, 0.05) is 0 Å². The van der Waals surface area contributed by atoms with Gasteiger partial charge in [-0.05, 0) is 31.3 Å². The van der Waals surface area contributed by atoms with Gasteiger partial charge in [-0.1, -0.05) is 6.58 Å². The molecule has 0 aromatic heterocycles. The number of fused-ring (bicyclic) bond motifs is 3. The summed E-state index contributed by atoms with van der Waals surface area (Å²) in [7, 11) is 0. The van der Waals surface area contributed by atoms with Crippen LogP contribution in [0, 0.1) is 5.92 Å². The van der Waals surface area contributed by atoms with Gasteiger partial charge in [0.1, 0.15) is 0 Å². The first kappa shape index (κ1) is 7.35. The topological polar surface area (TPSA) is 0 Å². The van der Waals surface area contributed by atoms with Gasteiger partial charge in [-0.25, -0.2) is 0 Å². The average Bonchev–Trinajstić information content (AvgIpc) is 2.07. The van der Waals surface area contributed by atoms with Crippen molar-refractivity contribution in [1.29, 1.82) is 0 Å². The molecule has 0 unspecified atom stereocenters. The fourth-order valence-electron chi connectivity index (χ4n) is 2.69. The molecule has 1 nitrogen and oxygen atoms in total. The maximum Gasteiger partial charge on any atom is 0.0971 e. The molecule has 2 bridgehead atoms. The minimum absolute atomic E-state index is 1.08. The molecular weight excluding hydrogens is 134 g/mol. The molecule has 0 aromatic rings. The predicted octanol–water partition coefficient (Wildman–Crippen LogP) is 1.80. The maximum atomic E-state index is 3.85. The van der Waals surface area contributed by atoms with E-state index in [-0.39, 0.29) is 0 Å². The molecule has 3 rings (SSSR count). The zero-order valence-electron chi connectivity index (χ0n) is 7.26. The summed E-state index contributed by atoms with van der Waals surface area (Å²) in [4.78, 5) is 0. The summed E-state index contributed by atoms with van der Waals surface area (Å²) in [6, 6.07) is 0. The summed E-state index contributed by atoms with van der Waals surface area (Å²) >= 11 is 0. The fourth-order valence-corrected chi connectivity index (χ4v) is 2.69. The molecule has 3 aliphatic heterocycles. The van der Waals surface area contributed by atoms with E-state index in [9.17, 15) is 0 Å². The van der Waals surface area contributed by atoms with E-state index in [1.165, 1.54) is 49.9 Å². The third kappa shape index (κ3) is 1.22. The predicted molar refractivity (Wildman–Crippen MR) is 47.3 cm³/mol. The maximum absolute atomic E-state index is 3.85. The van der Waals surface area contributed by atoms with Gasteiger partial charge in [-0.2, -0.15) is 0 Å². The van der Waals surface area contributed by atoms with Gasteiger partial charge >= 0.3 is 0 Å². The molecule has 0 spiro atoms. The van der Waals surface area contributed by atoms with Crippen LogP contribution in [0.25, 0.3) is 0 Å². The quantitative estimate of drug-likeness (QED) is 0.418. The van der Waals surface area contributed by atoms with Crippen LogP contribution in [0.15, 0.2) is 12.7 Å². The van der Waals surface area contributed by atoms with E-state index < -0.39 is 0 Å². The molecular formula is C10H18N+. The third-order valence-electron chi connectivity index (χ3n) is 3.55. The van der Waals surface area contributed by atoms with Gasteiger partial charge in [-0.3, -0.25) is 0 Å². The highest BCUT2D eigenvalue weighted by atomic mass is 15.4. The second-order valence-electron chi connectivity index (χ2n) is 4.22. The Morgan fingerprint density at radius 2 is 1.73 bits per heavy atom. The van der Waals surface area contributed by atoms with Crippen LogP contribution in [-0.2, 0) is 0 Å². The number of hydrogen-bond donors (Lipinski definition) is 0. The van der Waals surface area contributed by atoms with E-state index in [4.69, 9.17) is 0 Å². The van der Waals surface area contributed by atoms with Crippen LogP contribution in [0.4, 0.5) is 0 Å². The number of nitrogens with zero attached hydrogens (tertiary/aromatic N) is 1. The molecule has 0 atom stereocenters. The normalized spacial score (nSPS) is 42.4. The Bertz CT molecular complexity index is 140. The number of hydrogen-bond acceptors (Lipinski definition) is 0. The van der Waals surface area contributed by atoms with Crippen LogP contribution in [0.3, 0.4) is 0 Å². The van der Waals surface area contributed by atoms with E-state index in [2.05, 4.69) is 12.7 Å². The molecule has 0 N–H and O–H groups in total. The molecule has 62 valence electrons. The first-order valence-electron chi connectivity index (χ1n) is 4.81. The first-order chi connectivity index (χ1) is 5.35. The Hall–Kier alpha value is -0.300. The summed E-state index contributed by atoms with van der Waals surface area (Å²) in [5.74, 6) is 1.08. The van der Waals surface area contributed by atoms with Crippen molar-refractivity contribution in [2.75, 3.05) is 26.2 Å². The summed E-state index contributed by atoms with van der Waals surface area (Å²) in [6.45, 7) is 9.35. The van der Waals surface area contributed by atoms with Crippen LogP contribution in [0.2, 0.25) is 0 Å². The molecule has 0 radical (unpaired) electrons. The Morgan fingerprint density at radius 1 is 1.18 bits per heavy atom. The van der Waals surface area contributed by atoms with Crippen molar-refractivity contribution in [3.05, 3.63) is 12.7 Å². The summed E-state index contributed by atoms with van der Waals surface area (Å²) in [6.07, 6.45) is 6.54. The minimum Gasteiger partial charge on any atom is -0.320 e. The fraction of sp³-hybridized carbons (Fsp3) is 0.800. The van der Waals surface area contributed by atoms with Gasteiger partial charge in [0.15, 0.2) is 0 Å². The van der Waals surface area contributed by atoms with Crippen molar-refractivity contribution in [2.24, 2.45) is 5.92 Å². The van der Waals surface area contributed by atoms with E-state index in [0.717, 1.165) is 5.92 Å². The zero-order valence-corrected chi connectivity index (χ0v) is 7.26. The lowest BCUT2D eigenvalue weighted by atomic mass is 9.86. The lowest BCUT2D eigenvalue weighted by Gasteiger charge is -2.48. The van der Waals surface area contributed by atoms with Crippen molar-refractivity contribution >= 4 is 0 Å². The van der Waals surface area contributed by atoms with Crippen molar-refractivity contribution in [3.8, 4) is 0 Å². The van der Waals surface area contributed by atoms with Crippen LogP contribution < -0.4 is 0 Å². The Kier molecular flexibility index (Phi) is 1.76. The molecule has 0 amide bonds. The van der Waals surface area contributed by atoms with Crippen molar-refractivity contribution in [2.45, 2.75) is 19.3 Å². The number of piperidine rings is 3.